The number of hydrogen-bond acceptors (Lipinski definition) is 5. The number of aryl methyl sites for hydroxylation is 3. The molecule has 0 bridgehead atoms. The number of hydrogen-bond donors (Lipinski definition) is 1. The minimum atomic E-state index is -0.746. The lowest BCUT2D eigenvalue weighted by Gasteiger charge is -2.15. The second-order valence-electron chi connectivity index (χ2n) is 5.87. The van der Waals surface area contributed by atoms with E-state index in [2.05, 4.69) is 25.7 Å². The van der Waals surface area contributed by atoms with Gasteiger partial charge in [0.25, 0.3) is 5.56 Å². The van der Waals surface area contributed by atoms with Crippen LogP contribution in [-0.4, -0.2) is 27.7 Å². The summed E-state index contributed by atoms with van der Waals surface area (Å²) < 4.78 is 6.53. The third kappa shape index (κ3) is 3.22. The Balaban J connectivity index is 2.19. The van der Waals surface area contributed by atoms with E-state index in [-0.39, 0.29) is 17.0 Å². The van der Waals surface area contributed by atoms with Crippen molar-refractivity contribution in [2.45, 2.75) is 19.9 Å². The van der Waals surface area contributed by atoms with E-state index in [0.29, 0.717) is 34.0 Å². The van der Waals surface area contributed by atoms with E-state index in [1.54, 1.807) is 17.6 Å². The fourth-order valence-corrected chi connectivity index (χ4v) is 3.48. The largest absolute Gasteiger partial charge is 0.505 e. The van der Waals surface area contributed by atoms with Crippen molar-refractivity contribution < 1.29 is 14.6 Å². The minimum absolute atomic E-state index is 0.166. The smallest absolute Gasteiger partial charge is 0.360 e. The highest BCUT2D eigenvalue weighted by Gasteiger charge is 2.22. The third-order valence-corrected chi connectivity index (χ3v) is 4.75. The number of rotatable bonds is 4. The zero-order chi connectivity index (χ0) is 18.8. The molecule has 0 fully saturated rings. The summed E-state index contributed by atoms with van der Waals surface area (Å²) in [6.07, 6.45) is 0.644. The van der Waals surface area contributed by atoms with Crippen LogP contribution in [-0.2, 0) is 17.7 Å². The first kappa shape index (κ1) is 18.1. The summed E-state index contributed by atoms with van der Waals surface area (Å²) in [5.41, 5.74) is 1.64. The second kappa shape index (κ2) is 7.29. The first-order chi connectivity index (χ1) is 12.4. The summed E-state index contributed by atoms with van der Waals surface area (Å²) in [5, 5.41) is 10.9. The number of esters is 1. The molecule has 0 unspecified atom stereocenters. The minimum Gasteiger partial charge on any atom is -0.505 e. The van der Waals surface area contributed by atoms with Gasteiger partial charge in [-0.3, -0.25) is 4.79 Å². The van der Waals surface area contributed by atoms with Crippen molar-refractivity contribution in [1.29, 1.82) is 0 Å². The van der Waals surface area contributed by atoms with Crippen molar-refractivity contribution in [2.24, 2.45) is 0 Å². The second-order valence-corrected chi connectivity index (χ2v) is 6.62. The van der Waals surface area contributed by atoms with Gasteiger partial charge in [-0.15, -0.1) is 0 Å². The van der Waals surface area contributed by atoms with E-state index in [1.165, 1.54) is 7.11 Å². The van der Waals surface area contributed by atoms with Gasteiger partial charge in [-0.05, 0) is 40.9 Å². The number of benzene rings is 1. The molecule has 0 radical (unpaired) electrons. The van der Waals surface area contributed by atoms with Crippen molar-refractivity contribution in [3.8, 4) is 5.75 Å². The molecule has 0 spiro atoms. The van der Waals surface area contributed by atoms with Crippen molar-refractivity contribution in [3.63, 3.8) is 0 Å². The average molecular weight is 417 g/mol. The monoisotopic (exact) mass is 416 g/mol. The molecule has 26 heavy (non-hydrogen) atoms. The summed E-state index contributed by atoms with van der Waals surface area (Å²) >= 11 is 3.33. The van der Waals surface area contributed by atoms with Gasteiger partial charge < -0.3 is 14.4 Å². The standard InChI is InChI=1S/C19H17BrN2O4/c1-11-10-13-15(17(20)21-14(16(13)23)19(25)26-2)22(18(11)24)9-8-12-6-4-3-5-7-12/h3-7,10,23H,8-9H2,1-2H3. The Kier molecular flexibility index (Phi) is 5.08. The van der Waals surface area contributed by atoms with Crippen LogP contribution in [0.5, 0.6) is 5.75 Å². The van der Waals surface area contributed by atoms with Gasteiger partial charge in [-0.1, -0.05) is 30.3 Å². The third-order valence-electron chi connectivity index (χ3n) is 4.20. The van der Waals surface area contributed by atoms with E-state index < -0.39 is 5.97 Å². The van der Waals surface area contributed by atoms with Crippen LogP contribution in [0.3, 0.4) is 0 Å². The molecule has 3 aromatic rings. The molecule has 0 saturated carbocycles. The lowest BCUT2D eigenvalue weighted by atomic mass is 10.1. The van der Waals surface area contributed by atoms with E-state index in [1.807, 2.05) is 30.3 Å². The van der Waals surface area contributed by atoms with Gasteiger partial charge in [0, 0.05) is 17.5 Å². The van der Waals surface area contributed by atoms with E-state index in [0.717, 1.165) is 5.56 Å². The Morgan fingerprint density at radius 1 is 1.31 bits per heavy atom. The fraction of sp³-hybridized carbons (Fsp3) is 0.211. The molecule has 3 rings (SSSR count). The van der Waals surface area contributed by atoms with E-state index >= 15 is 0 Å². The Bertz CT molecular complexity index is 1050. The number of ether oxygens (including phenoxy) is 1. The lowest BCUT2D eigenvalue weighted by Crippen LogP contribution is -2.24. The molecule has 2 heterocycles. The summed E-state index contributed by atoms with van der Waals surface area (Å²) in [7, 11) is 1.22. The molecular formula is C19H17BrN2O4. The van der Waals surface area contributed by atoms with Gasteiger partial charge >= 0.3 is 5.97 Å². The number of aromatic hydroxyl groups is 1. The van der Waals surface area contributed by atoms with Crippen LogP contribution in [0.1, 0.15) is 21.6 Å². The van der Waals surface area contributed by atoms with Gasteiger partial charge in [-0.25, -0.2) is 9.78 Å². The van der Waals surface area contributed by atoms with Crippen molar-refractivity contribution >= 4 is 32.8 Å². The maximum Gasteiger partial charge on any atom is 0.360 e. The number of carbonyl (C=O) groups excluding carboxylic acids is 1. The van der Waals surface area contributed by atoms with Gasteiger partial charge in [0.05, 0.1) is 12.6 Å². The van der Waals surface area contributed by atoms with Crippen LogP contribution in [0.2, 0.25) is 0 Å². The number of nitrogens with zero attached hydrogens (tertiary/aromatic N) is 2. The maximum absolute atomic E-state index is 12.7. The highest BCUT2D eigenvalue weighted by atomic mass is 79.9. The molecule has 2 aromatic heterocycles. The fourth-order valence-electron chi connectivity index (χ4n) is 2.88. The van der Waals surface area contributed by atoms with Crippen LogP contribution < -0.4 is 5.56 Å². The number of carbonyl (C=O) groups is 1. The van der Waals surface area contributed by atoms with Crippen molar-refractivity contribution in [3.05, 3.63) is 68.2 Å². The highest BCUT2D eigenvalue weighted by Crippen LogP contribution is 2.32. The number of aromatic nitrogens is 2. The zero-order valence-electron chi connectivity index (χ0n) is 14.3. The Hall–Kier alpha value is -2.67. The van der Waals surface area contributed by atoms with Gasteiger partial charge in [0.1, 0.15) is 4.60 Å². The Labute approximate surface area is 158 Å². The average Bonchev–Trinajstić information content (AvgIpc) is 2.65. The van der Waals surface area contributed by atoms with Gasteiger partial charge in [0.15, 0.2) is 11.4 Å². The predicted octanol–water partition coefficient (Wildman–Crippen LogP) is 3.20. The Morgan fingerprint density at radius 3 is 2.65 bits per heavy atom. The first-order valence-corrected chi connectivity index (χ1v) is 8.78. The van der Waals surface area contributed by atoms with E-state index in [4.69, 9.17) is 0 Å². The molecule has 134 valence electrons. The molecule has 6 nitrogen and oxygen atoms in total. The molecule has 0 amide bonds. The topological polar surface area (TPSA) is 81.4 Å². The van der Waals surface area contributed by atoms with Crippen LogP contribution >= 0.6 is 15.9 Å². The van der Waals surface area contributed by atoms with Gasteiger partial charge in [0.2, 0.25) is 0 Å². The molecule has 0 atom stereocenters. The van der Waals surface area contributed by atoms with Crippen LogP contribution in [0, 0.1) is 6.92 Å². The SMILES string of the molecule is COC(=O)c1nc(Br)c2c(cc(C)c(=O)n2CCc2ccccc2)c1O. The summed E-state index contributed by atoms with van der Waals surface area (Å²) in [4.78, 5) is 28.6. The molecule has 1 aromatic carbocycles. The molecule has 0 saturated heterocycles. The predicted molar refractivity (Wildman–Crippen MR) is 102 cm³/mol. The zero-order valence-corrected chi connectivity index (χ0v) is 15.9. The molecular weight excluding hydrogens is 400 g/mol. The van der Waals surface area contributed by atoms with Crippen LogP contribution in [0.25, 0.3) is 10.9 Å². The maximum atomic E-state index is 12.7. The summed E-state index contributed by atoms with van der Waals surface area (Å²) in [5.74, 6) is -1.05. The Morgan fingerprint density at radius 2 is 2.00 bits per heavy atom. The molecule has 0 aliphatic heterocycles. The van der Waals surface area contributed by atoms with Crippen LogP contribution in [0.4, 0.5) is 0 Å². The number of halogens is 1. The summed E-state index contributed by atoms with van der Waals surface area (Å²) in [6, 6.07) is 11.4. The number of fused-ring (bicyclic) bond motifs is 1. The molecule has 0 aliphatic carbocycles. The first-order valence-electron chi connectivity index (χ1n) is 7.99. The number of pyridine rings is 2. The molecule has 0 aliphatic rings. The van der Waals surface area contributed by atoms with Gasteiger partial charge in [-0.2, -0.15) is 0 Å². The normalized spacial score (nSPS) is 10.9. The highest BCUT2D eigenvalue weighted by molar-refractivity contribution is 9.10. The van der Waals surface area contributed by atoms with Crippen molar-refractivity contribution in [2.75, 3.05) is 7.11 Å². The van der Waals surface area contributed by atoms with E-state index in [9.17, 15) is 14.7 Å². The molecule has 1 N–H and O–H groups in total. The van der Waals surface area contributed by atoms with Crippen LogP contribution in [0.15, 0.2) is 45.8 Å². The molecule has 7 heteroatoms. The van der Waals surface area contributed by atoms with Crippen molar-refractivity contribution in [1.82, 2.24) is 9.55 Å². The lowest BCUT2D eigenvalue weighted by molar-refractivity contribution is 0.0590. The summed E-state index contributed by atoms with van der Waals surface area (Å²) in [6.45, 7) is 2.09. The quantitative estimate of drug-likeness (QED) is 0.521. The number of methoxy groups -OCH3 is 1.